The molecule has 0 aromatic carbocycles. The first-order chi connectivity index (χ1) is 8.32. The van der Waals surface area contributed by atoms with Crippen LogP contribution in [-0.2, 0) is 0 Å². The predicted molar refractivity (Wildman–Crippen MR) is 74.5 cm³/mol. The summed E-state index contributed by atoms with van der Waals surface area (Å²) in [4.78, 5) is 14.4. The van der Waals surface area contributed by atoms with E-state index < -0.39 is 0 Å². The monoisotopic (exact) mass is 266 g/mol. The largest absolute Gasteiger partial charge is 0.392 e. The number of amides is 1. The van der Waals surface area contributed by atoms with E-state index in [-0.39, 0.29) is 18.5 Å². The fourth-order valence-electron chi connectivity index (χ4n) is 1.58. The predicted octanol–water partition coefficient (Wildman–Crippen LogP) is 1.23. The molecule has 0 fully saturated rings. The molecule has 1 aromatic heterocycles. The molecule has 0 aliphatic heterocycles. The zero-order chi connectivity index (χ0) is 13.9. The van der Waals surface area contributed by atoms with Crippen LogP contribution in [0.5, 0.6) is 0 Å². The maximum atomic E-state index is 12.4. The quantitative estimate of drug-likeness (QED) is 0.830. The first-order valence-corrected chi connectivity index (χ1v) is 6.14. The Morgan fingerprint density at radius 1 is 1.44 bits per heavy atom. The van der Waals surface area contributed by atoms with Gasteiger partial charge in [0.2, 0.25) is 0 Å². The van der Waals surface area contributed by atoms with E-state index in [1.807, 2.05) is 13.8 Å². The van der Waals surface area contributed by atoms with Crippen LogP contribution >= 0.6 is 12.2 Å². The van der Waals surface area contributed by atoms with E-state index >= 15 is 0 Å². The number of carbonyl (C=O) groups is 1. The minimum atomic E-state index is -0.117. The fourth-order valence-corrected chi connectivity index (χ4v) is 1.72. The van der Waals surface area contributed by atoms with Crippen LogP contribution in [0.1, 0.15) is 35.6 Å². The van der Waals surface area contributed by atoms with Crippen LogP contribution in [0.3, 0.4) is 0 Å². The summed E-state index contributed by atoms with van der Waals surface area (Å²) >= 11 is 4.87. The minimum absolute atomic E-state index is 0.0203. The number of nitrogens with zero attached hydrogens (tertiary/aromatic N) is 3. The molecule has 1 aromatic rings. The lowest BCUT2D eigenvalue weighted by molar-refractivity contribution is 0.0734. The molecule has 98 valence electrons. The molecule has 0 aliphatic rings. The van der Waals surface area contributed by atoms with Gasteiger partial charge in [0.05, 0.1) is 28.5 Å². The van der Waals surface area contributed by atoms with Crippen LogP contribution in [0.15, 0.2) is 6.07 Å². The standard InChI is InChI=1S/C12H18N4OS/c1-7(2)16(6-11(13)18)12(17)10-5-8(3)14-15-9(10)4/h5,7H,6H2,1-4H3,(H2,13,18). The Kier molecular flexibility index (Phi) is 4.72. The second-order valence-electron chi connectivity index (χ2n) is 4.48. The second-order valence-corrected chi connectivity index (χ2v) is 5.00. The lowest BCUT2D eigenvalue weighted by atomic mass is 10.1. The van der Waals surface area contributed by atoms with E-state index in [9.17, 15) is 4.79 Å². The Morgan fingerprint density at radius 3 is 2.56 bits per heavy atom. The van der Waals surface area contributed by atoms with E-state index in [2.05, 4.69) is 10.2 Å². The van der Waals surface area contributed by atoms with Gasteiger partial charge in [0, 0.05) is 6.04 Å². The first-order valence-electron chi connectivity index (χ1n) is 5.73. The fraction of sp³-hybridized carbons (Fsp3) is 0.500. The van der Waals surface area contributed by atoms with Crippen LogP contribution in [-0.4, -0.2) is 38.6 Å². The van der Waals surface area contributed by atoms with Crippen molar-refractivity contribution in [2.45, 2.75) is 33.7 Å². The molecule has 0 radical (unpaired) electrons. The van der Waals surface area contributed by atoms with Crippen LogP contribution in [0, 0.1) is 13.8 Å². The molecule has 0 bridgehead atoms. The molecular formula is C12H18N4OS. The molecule has 2 N–H and O–H groups in total. The highest BCUT2D eigenvalue weighted by molar-refractivity contribution is 7.80. The Hall–Kier alpha value is -1.56. The van der Waals surface area contributed by atoms with Crippen molar-refractivity contribution in [3.05, 3.63) is 23.0 Å². The summed E-state index contributed by atoms with van der Waals surface area (Å²) < 4.78 is 0. The maximum Gasteiger partial charge on any atom is 0.256 e. The van der Waals surface area contributed by atoms with E-state index in [0.717, 1.165) is 0 Å². The summed E-state index contributed by atoms with van der Waals surface area (Å²) in [6.07, 6.45) is 0. The first kappa shape index (κ1) is 14.5. The Balaban J connectivity index is 3.09. The van der Waals surface area contributed by atoms with Crippen molar-refractivity contribution in [1.29, 1.82) is 0 Å². The molecule has 1 heterocycles. The summed E-state index contributed by atoms with van der Waals surface area (Å²) in [5.74, 6) is -0.117. The third-order valence-corrected chi connectivity index (χ3v) is 2.67. The molecule has 0 unspecified atom stereocenters. The normalized spacial score (nSPS) is 10.5. The second kappa shape index (κ2) is 5.86. The molecule has 0 saturated carbocycles. The third-order valence-electron chi connectivity index (χ3n) is 2.54. The van der Waals surface area contributed by atoms with Crippen LogP contribution < -0.4 is 5.73 Å². The molecule has 1 amide bonds. The Labute approximate surface area is 112 Å². The van der Waals surface area contributed by atoms with E-state index in [4.69, 9.17) is 18.0 Å². The summed E-state index contributed by atoms with van der Waals surface area (Å²) in [5, 5.41) is 7.87. The third kappa shape index (κ3) is 3.46. The van der Waals surface area contributed by atoms with Crippen molar-refractivity contribution < 1.29 is 4.79 Å². The van der Waals surface area contributed by atoms with Gasteiger partial charge in [-0.25, -0.2) is 0 Å². The summed E-state index contributed by atoms with van der Waals surface area (Å²) in [5.41, 5.74) is 7.39. The van der Waals surface area contributed by atoms with E-state index in [0.29, 0.717) is 21.9 Å². The lowest BCUT2D eigenvalue weighted by Crippen LogP contribution is -2.42. The van der Waals surface area contributed by atoms with Crippen molar-refractivity contribution in [2.24, 2.45) is 5.73 Å². The van der Waals surface area contributed by atoms with Gasteiger partial charge in [0.15, 0.2) is 0 Å². The van der Waals surface area contributed by atoms with Crippen molar-refractivity contribution in [1.82, 2.24) is 15.1 Å². The van der Waals surface area contributed by atoms with Crippen LogP contribution in [0.4, 0.5) is 0 Å². The molecule has 5 nitrogen and oxygen atoms in total. The van der Waals surface area contributed by atoms with Gasteiger partial charge in [-0.1, -0.05) is 12.2 Å². The van der Waals surface area contributed by atoms with Gasteiger partial charge in [-0.2, -0.15) is 10.2 Å². The van der Waals surface area contributed by atoms with Gasteiger partial charge >= 0.3 is 0 Å². The van der Waals surface area contributed by atoms with Crippen LogP contribution in [0.2, 0.25) is 0 Å². The Bertz CT molecular complexity index is 473. The highest BCUT2D eigenvalue weighted by Gasteiger charge is 2.21. The van der Waals surface area contributed by atoms with Crippen molar-refractivity contribution in [2.75, 3.05) is 6.54 Å². The van der Waals surface area contributed by atoms with E-state index in [1.54, 1.807) is 24.8 Å². The molecule has 0 atom stereocenters. The molecule has 0 aliphatic carbocycles. The van der Waals surface area contributed by atoms with Gasteiger partial charge < -0.3 is 10.6 Å². The average Bonchev–Trinajstić information content (AvgIpc) is 2.27. The van der Waals surface area contributed by atoms with Gasteiger partial charge in [-0.3, -0.25) is 4.79 Å². The van der Waals surface area contributed by atoms with Crippen molar-refractivity contribution in [3.8, 4) is 0 Å². The topological polar surface area (TPSA) is 72.1 Å². The average molecular weight is 266 g/mol. The van der Waals surface area contributed by atoms with Gasteiger partial charge in [-0.15, -0.1) is 0 Å². The number of aryl methyl sites for hydroxylation is 2. The van der Waals surface area contributed by atoms with Crippen molar-refractivity contribution in [3.63, 3.8) is 0 Å². The number of rotatable bonds is 4. The molecule has 18 heavy (non-hydrogen) atoms. The lowest BCUT2D eigenvalue weighted by Gasteiger charge is -2.26. The maximum absolute atomic E-state index is 12.4. The molecule has 0 spiro atoms. The Morgan fingerprint density at radius 2 is 2.06 bits per heavy atom. The van der Waals surface area contributed by atoms with Crippen LogP contribution in [0.25, 0.3) is 0 Å². The number of nitrogens with two attached hydrogens (primary N) is 1. The zero-order valence-corrected chi connectivity index (χ0v) is 11.9. The van der Waals surface area contributed by atoms with Gasteiger partial charge in [0.25, 0.3) is 5.91 Å². The molecule has 1 rings (SSSR count). The number of hydrogen-bond donors (Lipinski definition) is 1. The number of aromatic nitrogens is 2. The van der Waals surface area contributed by atoms with Gasteiger partial charge in [-0.05, 0) is 33.8 Å². The number of carbonyl (C=O) groups excluding carboxylic acids is 1. The van der Waals surface area contributed by atoms with Gasteiger partial charge in [0.1, 0.15) is 0 Å². The highest BCUT2D eigenvalue weighted by atomic mass is 32.1. The molecule has 6 heteroatoms. The minimum Gasteiger partial charge on any atom is -0.392 e. The SMILES string of the molecule is Cc1cc(C(=O)N(CC(N)=S)C(C)C)c(C)nn1. The van der Waals surface area contributed by atoms with E-state index in [1.165, 1.54) is 0 Å². The van der Waals surface area contributed by atoms with Crippen molar-refractivity contribution >= 4 is 23.1 Å². The molecule has 0 saturated heterocycles. The smallest absolute Gasteiger partial charge is 0.256 e. The summed E-state index contributed by atoms with van der Waals surface area (Å²) in [7, 11) is 0. The highest BCUT2D eigenvalue weighted by Crippen LogP contribution is 2.11. The number of hydrogen-bond acceptors (Lipinski definition) is 4. The summed E-state index contributed by atoms with van der Waals surface area (Å²) in [6, 6.07) is 1.76. The number of thiocarbonyl (C=S) groups is 1. The summed E-state index contributed by atoms with van der Waals surface area (Å²) in [6.45, 7) is 7.68. The zero-order valence-electron chi connectivity index (χ0n) is 11.1. The molecular weight excluding hydrogens is 248 g/mol.